The van der Waals surface area contributed by atoms with Crippen molar-refractivity contribution in [2.45, 2.75) is 44.8 Å². The smallest absolute Gasteiger partial charge is 0.339 e. The highest BCUT2D eigenvalue weighted by Crippen LogP contribution is 2.39. The van der Waals surface area contributed by atoms with Crippen molar-refractivity contribution in [3.8, 4) is 11.5 Å². The largest absolute Gasteiger partial charge is 0.454 e. The summed E-state index contributed by atoms with van der Waals surface area (Å²) in [6.45, 7) is 1.62. The van der Waals surface area contributed by atoms with Gasteiger partial charge in [0.15, 0.2) is 17.6 Å². The van der Waals surface area contributed by atoms with Crippen LogP contribution in [-0.4, -0.2) is 30.8 Å². The lowest BCUT2D eigenvalue weighted by molar-refractivity contribution is -0.129. The summed E-state index contributed by atoms with van der Waals surface area (Å²) in [7, 11) is 0. The second kappa shape index (κ2) is 6.66. The van der Waals surface area contributed by atoms with Gasteiger partial charge in [-0.2, -0.15) is 0 Å². The topological polar surface area (TPSA) is 73.9 Å². The number of carbonyl (C=O) groups excluding carboxylic acids is 2. The van der Waals surface area contributed by atoms with Gasteiger partial charge in [0.05, 0.1) is 10.6 Å². The van der Waals surface area contributed by atoms with Crippen LogP contribution >= 0.6 is 11.6 Å². The maximum Gasteiger partial charge on any atom is 0.339 e. The van der Waals surface area contributed by atoms with Gasteiger partial charge in [0.2, 0.25) is 6.79 Å². The summed E-state index contributed by atoms with van der Waals surface area (Å²) in [6, 6.07) is 3.13. The van der Waals surface area contributed by atoms with Crippen LogP contribution in [0.3, 0.4) is 0 Å². The SMILES string of the molecule is C[C@@H](OC(=O)c1cc(Cl)c2c(c1)OCO2)C(=O)NC1CCCC1. The maximum absolute atomic E-state index is 12.2. The molecule has 1 atom stereocenters. The number of amides is 1. The normalized spacial score (nSPS) is 17.8. The fourth-order valence-corrected chi connectivity index (χ4v) is 3.02. The molecule has 0 radical (unpaired) electrons. The van der Waals surface area contributed by atoms with Gasteiger partial charge in [0.1, 0.15) is 0 Å². The number of halogens is 1. The Bertz CT molecular complexity index is 627. The van der Waals surface area contributed by atoms with Gasteiger partial charge in [0, 0.05) is 6.04 Å². The van der Waals surface area contributed by atoms with E-state index >= 15 is 0 Å². The fraction of sp³-hybridized carbons (Fsp3) is 0.500. The van der Waals surface area contributed by atoms with Crippen LogP contribution in [0.2, 0.25) is 5.02 Å². The third-order valence-electron chi connectivity index (χ3n) is 4.02. The van der Waals surface area contributed by atoms with Crippen molar-refractivity contribution < 1.29 is 23.8 Å². The van der Waals surface area contributed by atoms with Crippen LogP contribution in [0.1, 0.15) is 43.0 Å². The molecular formula is C16H18ClNO5. The van der Waals surface area contributed by atoms with Gasteiger partial charge in [0.25, 0.3) is 5.91 Å². The molecule has 7 heteroatoms. The third kappa shape index (κ3) is 3.52. The Morgan fingerprint density at radius 3 is 2.78 bits per heavy atom. The van der Waals surface area contributed by atoms with E-state index in [-0.39, 0.29) is 29.3 Å². The summed E-state index contributed by atoms with van der Waals surface area (Å²) in [5.74, 6) is -0.0980. The highest BCUT2D eigenvalue weighted by molar-refractivity contribution is 6.32. The van der Waals surface area contributed by atoms with Gasteiger partial charge >= 0.3 is 5.97 Å². The van der Waals surface area contributed by atoms with Crippen LogP contribution < -0.4 is 14.8 Å². The molecule has 1 N–H and O–H groups in total. The molecule has 1 aliphatic carbocycles. The van der Waals surface area contributed by atoms with Crippen molar-refractivity contribution >= 4 is 23.5 Å². The van der Waals surface area contributed by atoms with Crippen LogP contribution in [0.5, 0.6) is 11.5 Å². The number of fused-ring (bicyclic) bond motifs is 1. The summed E-state index contributed by atoms with van der Waals surface area (Å²) in [5.41, 5.74) is 0.222. The molecule has 1 aromatic rings. The molecule has 0 spiro atoms. The van der Waals surface area contributed by atoms with E-state index in [1.807, 2.05) is 0 Å². The number of esters is 1. The number of rotatable bonds is 4. The molecule has 0 unspecified atom stereocenters. The van der Waals surface area contributed by atoms with Gasteiger partial charge in [-0.15, -0.1) is 0 Å². The molecule has 23 heavy (non-hydrogen) atoms. The maximum atomic E-state index is 12.2. The zero-order chi connectivity index (χ0) is 16.4. The van der Waals surface area contributed by atoms with E-state index in [9.17, 15) is 9.59 Å². The molecule has 1 fully saturated rings. The molecule has 124 valence electrons. The first kappa shape index (κ1) is 15.9. The number of nitrogens with one attached hydrogen (secondary N) is 1. The first-order valence-corrected chi connectivity index (χ1v) is 8.03. The monoisotopic (exact) mass is 339 g/mol. The number of hydrogen-bond acceptors (Lipinski definition) is 5. The standard InChI is InChI=1S/C16H18ClNO5/c1-9(15(19)18-11-4-2-3-5-11)23-16(20)10-6-12(17)14-13(7-10)21-8-22-14/h6-7,9,11H,2-5,8H2,1H3,(H,18,19)/t9-/m1/s1. The Morgan fingerprint density at radius 1 is 1.30 bits per heavy atom. The van der Waals surface area contributed by atoms with Crippen LogP contribution in [0.15, 0.2) is 12.1 Å². The molecule has 1 amide bonds. The first-order chi connectivity index (χ1) is 11.0. The van der Waals surface area contributed by atoms with E-state index in [4.69, 9.17) is 25.8 Å². The lowest BCUT2D eigenvalue weighted by Gasteiger charge is -2.17. The predicted molar refractivity (Wildman–Crippen MR) is 82.9 cm³/mol. The third-order valence-corrected chi connectivity index (χ3v) is 4.30. The molecule has 0 saturated heterocycles. The highest BCUT2D eigenvalue weighted by atomic mass is 35.5. The summed E-state index contributed by atoms with van der Waals surface area (Å²) in [4.78, 5) is 24.3. The molecule has 0 aromatic heterocycles. The number of ether oxygens (including phenoxy) is 3. The number of hydrogen-bond donors (Lipinski definition) is 1. The van der Waals surface area contributed by atoms with Crippen LogP contribution in [0, 0.1) is 0 Å². The van der Waals surface area contributed by atoms with Gasteiger partial charge in [-0.05, 0) is 31.9 Å². The molecule has 1 aliphatic heterocycles. The minimum atomic E-state index is -0.868. The second-order valence-electron chi connectivity index (χ2n) is 5.73. The van der Waals surface area contributed by atoms with E-state index in [0.29, 0.717) is 11.5 Å². The Morgan fingerprint density at radius 2 is 2.04 bits per heavy atom. The lowest BCUT2D eigenvalue weighted by Crippen LogP contribution is -2.40. The van der Waals surface area contributed by atoms with E-state index in [1.54, 1.807) is 6.92 Å². The van der Waals surface area contributed by atoms with E-state index in [2.05, 4.69) is 5.32 Å². The first-order valence-electron chi connectivity index (χ1n) is 7.65. The Hall–Kier alpha value is -1.95. The van der Waals surface area contributed by atoms with Crippen LogP contribution in [0.4, 0.5) is 0 Å². The van der Waals surface area contributed by atoms with Crippen molar-refractivity contribution in [3.63, 3.8) is 0 Å². The summed E-state index contributed by atoms with van der Waals surface area (Å²) >= 11 is 6.04. The summed E-state index contributed by atoms with van der Waals surface area (Å²) < 4.78 is 15.6. The minimum Gasteiger partial charge on any atom is -0.454 e. The van der Waals surface area contributed by atoms with Gasteiger partial charge in [-0.25, -0.2) is 4.79 Å². The van der Waals surface area contributed by atoms with Crippen molar-refractivity contribution in [1.82, 2.24) is 5.32 Å². The zero-order valence-electron chi connectivity index (χ0n) is 12.8. The van der Waals surface area contributed by atoms with Crippen molar-refractivity contribution in [3.05, 3.63) is 22.7 Å². The van der Waals surface area contributed by atoms with Crippen molar-refractivity contribution in [2.75, 3.05) is 6.79 Å². The van der Waals surface area contributed by atoms with E-state index < -0.39 is 12.1 Å². The molecule has 0 bridgehead atoms. The zero-order valence-corrected chi connectivity index (χ0v) is 13.5. The Labute approximate surface area is 139 Å². The predicted octanol–water partition coefficient (Wildman–Crippen LogP) is 2.67. The molecule has 1 saturated carbocycles. The average Bonchev–Trinajstić information content (AvgIpc) is 3.18. The van der Waals surface area contributed by atoms with Gasteiger partial charge in [-0.1, -0.05) is 24.4 Å². The second-order valence-corrected chi connectivity index (χ2v) is 6.14. The van der Waals surface area contributed by atoms with Gasteiger partial charge < -0.3 is 19.5 Å². The molecule has 1 heterocycles. The molecule has 2 aliphatic rings. The Kier molecular flexibility index (Phi) is 4.61. The van der Waals surface area contributed by atoms with E-state index in [1.165, 1.54) is 12.1 Å². The number of benzene rings is 1. The average molecular weight is 340 g/mol. The molecular weight excluding hydrogens is 322 g/mol. The summed E-state index contributed by atoms with van der Waals surface area (Å²) in [5, 5.41) is 3.17. The Balaban J connectivity index is 1.62. The van der Waals surface area contributed by atoms with Gasteiger partial charge in [-0.3, -0.25) is 4.79 Å². The molecule has 1 aromatic carbocycles. The van der Waals surface area contributed by atoms with Crippen LogP contribution in [0.25, 0.3) is 0 Å². The van der Waals surface area contributed by atoms with Crippen molar-refractivity contribution in [2.24, 2.45) is 0 Å². The van der Waals surface area contributed by atoms with Crippen molar-refractivity contribution in [1.29, 1.82) is 0 Å². The molecule has 3 rings (SSSR count). The van der Waals surface area contributed by atoms with E-state index in [0.717, 1.165) is 25.7 Å². The fourth-order valence-electron chi connectivity index (χ4n) is 2.76. The number of carbonyl (C=O) groups is 2. The summed E-state index contributed by atoms with van der Waals surface area (Å²) in [6.07, 6.45) is 3.32. The van der Waals surface area contributed by atoms with Crippen LogP contribution in [-0.2, 0) is 9.53 Å². The highest BCUT2D eigenvalue weighted by Gasteiger charge is 2.25. The molecule has 6 nitrogen and oxygen atoms in total. The minimum absolute atomic E-state index is 0.0632. The quantitative estimate of drug-likeness (QED) is 0.854. The lowest BCUT2D eigenvalue weighted by atomic mass is 10.2.